The third-order valence-corrected chi connectivity index (χ3v) is 11.4. The molecule has 0 unspecified atom stereocenters. The van der Waals surface area contributed by atoms with Gasteiger partial charge in [0.25, 0.3) is 0 Å². The number of esters is 1. The summed E-state index contributed by atoms with van der Waals surface area (Å²) in [5, 5.41) is 12.4. The van der Waals surface area contributed by atoms with E-state index in [-0.39, 0.29) is 28.3 Å². The highest BCUT2D eigenvalue weighted by Gasteiger charge is 2.65. The highest BCUT2D eigenvalue weighted by molar-refractivity contribution is 5.66. The normalized spacial score (nSPS) is 44.6. The maximum Gasteiger partial charge on any atom is 0.302 e. The van der Waals surface area contributed by atoms with Crippen LogP contribution in [0.5, 0.6) is 0 Å². The fourth-order valence-corrected chi connectivity index (χ4v) is 9.86. The third kappa shape index (κ3) is 4.54. The Morgan fingerprint density at radius 1 is 0.971 bits per heavy atom. The van der Waals surface area contributed by atoms with Crippen molar-refractivity contribution < 1.29 is 14.5 Å². The van der Waals surface area contributed by atoms with Gasteiger partial charge in [-0.2, -0.15) is 0 Å². The van der Waals surface area contributed by atoms with Crippen LogP contribution in [0.4, 0.5) is 0 Å². The number of hydrogen-bond acceptors (Lipinski definition) is 4. The first-order chi connectivity index (χ1) is 16.0. The van der Waals surface area contributed by atoms with Gasteiger partial charge in [-0.1, -0.05) is 53.9 Å². The molecule has 0 aromatic rings. The van der Waals surface area contributed by atoms with Crippen molar-refractivity contribution >= 4 is 5.97 Å². The number of hydrogen-bond donors (Lipinski definition) is 0. The molecule has 34 heavy (non-hydrogen) atoms. The second-order valence-corrected chi connectivity index (χ2v) is 13.6. The van der Waals surface area contributed by atoms with E-state index < -0.39 is 6.04 Å². The highest BCUT2D eigenvalue weighted by Crippen LogP contribution is 2.68. The Morgan fingerprint density at radius 2 is 1.65 bits per heavy atom. The van der Waals surface area contributed by atoms with E-state index in [1.54, 1.807) is 0 Å². The molecule has 0 N–H and O–H groups in total. The molecule has 0 heterocycles. The Labute approximate surface area is 207 Å². The van der Waals surface area contributed by atoms with E-state index in [4.69, 9.17) is 4.74 Å². The first kappa shape index (κ1) is 25.9. The highest BCUT2D eigenvalue weighted by atomic mass is 16.6. The Hall–Kier alpha value is -1.13. The number of ether oxygens (including phenoxy) is 1. The van der Waals surface area contributed by atoms with Crippen LogP contribution in [-0.2, 0) is 9.53 Å². The van der Waals surface area contributed by atoms with Gasteiger partial charge >= 0.3 is 5.97 Å². The second kappa shape index (κ2) is 9.73. The summed E-state index contributed by atoms with van der Waals surface area (Å²) in [6.45, 7) is 13.5. The summed E-state index contributed by atoms with van der Waals surface area (Å²) >= 11 is 0. The standard InChI is InChI=1S/C29H49NO4/c1-18(2)8-7-9-19(3)23-10-11-24-22-17-27(30(32)33)26-16-21(34-20(4)31)12-14-29(26,6)25(22)13-15-28(23,24)5/h18-19,21-27H,7-17H2,1-6H3/t19-,21+,22+,23-,24+,25+,26-,27+,28-,29-/m1/s1. The van der Waals surface area contributed by atoms with Gasteiger partial charge in [0.15, 0.2) is 0 Å². The first-order valence-corrected chi connectivity index (χ1v) is 14.3. The molecule has 5 heteroatoms. The van der Waals surface area contributed by atoms with Crippen molar-refractivity contribution in [2.45, 2.75) is 124 Å². The van der Waals surface area contributed by atoms with E-state index in [9.17, 15) is 14.9 Å². The molecular weight excluding hydrogens is 426 g/mol. The summed E-state index contributed by atoms with van der Waals surface area (Å²) in [6, 6.07) is -0.491. The molecule has 4 saturated carbocycles. The largest absolute Gasteiger partial charge is 0.463 e. The van der Waals surface area contributed by atoms with Crippen molar-refractivity contribution in [2.24, 2.45) is 52.3 Å². The quantitative estimate of drug-likeness (QED) is 0.220. The lowest BCUT2D eigenvalue weighted by molar-refractivity contribution is -0.547. The monoisotopic (exact) mass is 475 g/mol. The molecule has 4 fully saturated rings. The molecule has 0 aromatic carbocycles. The Balaban J connectivity index is 1.54. The molecule has 4 rings (SSSR count). The van der Waals surface area contributed by atoms with Crippen molar-refractivity contribution in [3.63, 3.8) is 0 Å². The molecule has 194 valence electrons. The van der Waals surface area contributed by atoms with E-state index in [0.29, 0.717) is 29.6 Å². The van der Waals surface area contributed by atoms with Crippen molar-refractivity contribution in [1.29, 1.82) is 0 Å². The summed E-state index contributed by atoms with van der Waals surface area (Å²) in [6.07, 6.45) is 12.1. The van der Waals surface area contributed by atoms with Gasteiger partial charge in [-0.15, -0.1) is 0 Å². The van der Waals surface area contributed by atoms with Crippen LogP contribution in [0.25, 0.3) is 0 Å². The third-order valence-electron chi connectivity index (χ3n) is 11.4. The van der Waals surface area contributed by atoms with Gasteiger partial charge in [0.2, 0.25) is 6.04 Å². The fourth-order valence-electron chi connectivity index (χ4n) is 9.86. The van der Waals surface area contributed by atoms with E-state index in [1.807, 2.05) is 0 Å². The Kier molecular flexibility index (Phi) is 7.43. The zero-order valence-electron chi connectivity index (χ0n) is 22.6. The summed E-state index contributed by atoms with van der Waals surface area (Å²) in [4.78, 5) is 24.0. The van der Waals surface area contributed by atoms with Crippen LogP contribution in [0.1, 0.15) is 112 Å². The first-order valence-electron chi connectivity index (χ1n) is 14.3. The summed E-state index contributed by atoms with van der Waals surface area (Å²) in [5.41, 5.74) is 0.345. The summed E-state index contributed by atoms with van der Waals surface area (Å²) in [5.74, 6) is 3.77. The van der Waals surface area contributed by atoms with Gasteiger partial charge in [0, 0.05) is 24.2 Å². The van der Waals surface area contributed by atoms with Crippen molar-refractivity contribution in [3.8, 4) is 0 Å². The van der Waals surface area contributed by atoms with Gasteiger partial charge < -0.3 is 4.74 Å². The Bertz CT molecular complexity index is 767. The zero-order chi connectivity index (χ0) is 24.8. The van der Waals surface area contributed by atoms with Crippen molar-refractivity contribution in [1.82, 2.24) is 0 Å². The summed E-state index contributed by atoms with van der Waals surface area (Å²) in [7, 11) is 0. The van der Waals surface area contributed by atoms with Crippen molar-refractivity contribution in [3.05, 3.63) is 10.1 Å². The predicted molar refractivity (Wildman–Crippen MR) is 135 cm³/mol. The van der Waals surface area contributed by atoms with Crippen LogP contribution in [0, 0.1) is 62.4 Å². The molecule has 5 nitrogen and oxygen atoms in total. The molecule has 0 saturated heterocycles. The number of nitro groups is 1. The molecule has 4 aliphatic carbocycles. The maximum absolute atomic E-state index is 12.4. The SMILES string of the molecule is CC(=O)O[C@H]1CC[C@@]2(C)[C@H](C1)[C@@H]([N+](=O)[O-])C[C@@H]1[C@@H]2CC[C@]2(C)[C@@H]([C@H](C)CCCC(C)C)CC[C@@H]12. The minimum absolute atomic E-state index is 0.000397. The van der Waals surface area contributed by atoms with Crippen molar-refractivity contribution in [2.75, 3.05) is 0 Å². The van der Waals surface area contributed by atoms with E-state index in [2.05, 4.69) is 34.6 Å². The molecule has 0 radical (unpaired) electrons. The molecule has 4 aliphatic rings. The topological polar surface area (TPSA) is 69.4 Å². The van der Waals surface area contributed by atoms with Gasteiger partial charge in [0.1, 0.15) is 6.10 Å². The lowest BCUT2D eigenvalue weighted by atomic mass is 9.43. The molecule has 0 aliphatic heterocycles. The lowest BCUT2D eigenvalue weighted by Crippen LogP contribution is -2.60. The molecule has 0 bridgehead atoms. The fraction of sp³-hybridized carbons (Fsp3) is 0.966. The number of carbonyl (C=O) groups is 1. The van der Waals surface area contributed by atoms with Crippen LogP contribution in [-0.4, -0.2) is 23.0 Å². The van der Waals surface area contributed by atoms with Gasteiger partial charge in [-0.05, 0) is 91.3 Å². The molecule has 0 aromatic heterocycles. The van der Waals surface area contributed by atoms with Crippen LogP contribution in [0.2, 0.25) is 0 Å². The van der Waals surface area contributed by atoms with Gasteiger partial charge in [-0.25, -0.2) is 0 Å². The Morgan fingerprint density at radius 3 is 2.29 bits per heavy atom. The number of fused-ring (bicyclic) bond motifs is 5. The van der Waals surface area contributed by atoms with Crippen LogP contribution >= 0.6 is 0 Å². The maximum atomic E-state index is 12.4. The van der Waals surface area contributed by atoms with Crippen LogP contribution < -0.4 is 0 Å². The molecule has 0 spiro atoms. The molecule has 10 atom stereocenters. The van der Waals surface area contributed by atoms with E-state index >= 15 is 0 Å². The zero-order valence-corrected chi connectivity index (χ0v) is 22.6. The second-order valence-electron chi connectivity index (χ2n) is 13.6. The molecular formula is C29H49NO4. The average Bonchev–Trinajstić information content (AvgIpc) is 3.10. The van der Waals surface area contributed by atoms with Gasteiger partial charge in [-0.3, -0.25) is 14.9 Å². The average molecular weight is 476 g/mol. The van der Waals surface area contributed by atoms with Gasteiger partial charge in [0.05, 0.1) is 0 Å². The van der Waals surface area contributed by atoms with E-state index in [1.165, 1.54) is 51.9 Å². The smallest absolute Gasteiger partial charge is 0.302 e. The number of carbonyl (C=O) groups excluding carboxylic acids is 1. The number of nitrogens with zero attached hydrogens (tertiary/aromatic N) is 1. The van der Waals surface area contributed by atoms with Crippen LogP contribution in [0.15, 0.2) is 0 Å². The minimum Gasteiger partial charge on any atom is -0.463 e. The van der Waals surface area contributed by atoms with Crippen LogP contribution in [0.3, 0.4) is 0 Å². The molecule has 0 amide bonds. The number of rotatable bonds is 7. The minimum atomic E-state index is -0.491. The predicted octanol–water partition coefficient (Wildman–Crippen LogP) is 7.29. The summed E-state index contributed by atoms with van der Waals surface area (Å²) < 4.78 is 5.56. The lowest BCUT2D eigenvalue weighted by Gasteiger charge is -2.61. The van der Waals surface area contributed by atoms with E-state index in [0.717, 1.165) is 37.0 Å².